The number of unbranched alkanes of at least 4 members (excludes halogenated alkanes) is 11. The minimum Gasteiger partial charge on any atom is -0.481 e. The Morgan fingerprint density at radius 2 is 1.33 bits per heavy atom. The van der Waals surface area contributed by atoms with Crippen LogP contribution in [0.15, 0.2) is 0 Å². The van der Waals surface area contributed by atoms with Gasteiger partial charge in [-0.1, -0.05) is 78.1 Å². The normalized spacial score (nSPS) is 15.0. The standard InChI is InChI=1S/C33H58N4O8/c1-25(2)28(38)24-37(32(43)26-16-15-21-34-26)23-22-35-29(39)20-19-27(33(44)45)36-30(40)17-13-11-9-7-5-3-4-6-8-10-12-14-18-31(41)42/h25-27,34H,3-24H2,1-2H3,(H,35,39)(H,36,40)(H,41,42)(H,44,45)/t26-,27-/m0/s1. The Morgan fingerprint density at radius 1 is 0.778 bits per heavy atom. The third-order valence-corrected chi connectivity index (χ3v) is 8.20. The molecule has 0 bridgehead atoms. The molecule has 258 valence electrons. The van der Waals surface area contributed by atoms with Gasteiger partial charge in [0.2, 0.25) is 17.7 Å². The number of carbonyl (C=O) groups excluding carboxylic acids is 4. The summed E-state index contributed by atoms with van der Waals surface area (Å²) >= 11 is 0. The van der Waals surface area contributed by atoms with Gasteiger partial charge in [-0.25, -0.2) is 4.79 Å². The van der Waals surface area contributed by atoms with Gasteiger partial charge in [0.15, 0.2) is 5.78 Å². The predicted octanol–water partition coefficient (Wildman–Crippen LogP) is 3.80. The van der Waals surface area contributed by atoms with Crippen LogP contribution in [-0.4, -0.2) is 88.8 Å². The monoisotopic (exact) mass is 638 g/mol. The Kier molecular flexibility index (Phi) is 21.6. The molecule has 1 rings (SSSR count). The summed E-state index contributed by atoms with van der Waals surface area (Å²) < 4.78 is 0. The van der Waals surface area contributed by atoms with E-state index < -0.39 is 18.0 Å². The maximum atomic E-state index is 12.9. The second kappa shape index (κ2) is 24.2. The molecule has 1 fully saturated rings. The van der Waals surface area contributed by atoms with Crippen molar-refractivity contribution in [2.45, 2.75) is 142 Å². The van der Waals surface area contributed by atoms with Crippen molar-refractivity contribution in [2.75, 3.05) is 26.2 Å². The maximum absolute atomic E-state index is 12.9. The molecule has 1 aliphatic heterocycles. The van der Waals surface area contributed by atoms with Crippen molar-refractivity contribution in [3.8, 4) is 0 Å². The molecule has 2 atom stereocenters. The number of hydrogen-bond acceptors (Lipinski definition) is 7. The Bertz CT molecular complexity index is 920. The molecule has 0 saturated carbocycles. The number of hydrogen-bond donors (Lipinski definition) is 5. The quantitative estimate of drug-likeness (QED) is 0.0836. The summed E-state index contributed by atoms with van der Waals surface area (Å²) in [5.74, 6) is -3.06. The van der Waals surface area contributed by atoms with Gasteiger partial charge in [-0.15, -0.1) is 0 Å². The summed E-state index contributed by atoms with van der Waals surface area (Å²) in [5.41, 5.74) is 0. The number of amides is 3. The second-order valence-electron chi connectivity index (χ2n) is 12.5. The summed E-state index contributed by atoms with van der Waals surface area (Å²) in [6.07, 6.45) is 14.3. The highest BCUT2D eigenvalue weighted by Crippen LogP contribution is 2.13. The molecule has 5 N–H and O–H groups in total. The van der Waals surface area contributed by atoms with Gasteiger partial charge in [0.1, 0.15) is 6.04 Å². The van der Waals surface area contributed by atoms with E-state index in [9.17, 15) is 33.9 Å². The number of ketones is 1. The largest absolute Gasteiger partial charge is 0.481 e. The van der Waals surface area contributed by atoms with E-state index >= 15 is 0 Å². The SMILES string of the molecule is CC(C)C(=O)CN(CCNC(=O)CC[C@H](NC(=O)CCCCCCCCCCCCCCC(=O)O)C(=O)O)C(=O)[C@@H]1CCCN1. The van der Waals surface area contributed by atoms with E-state index in [2.05, 4.69) is 16.0 Å². The van der Waals surface area contributed by atoms with Gasteiger partial charge >= 0.3 is 11.9 Å². The number of Topliss-reactive ketones (excluding diaryl/α,β-unsaturated/α-hetero) is 1. The van der Waals surface area contributed by atoms with E-state index in [-0.39, 0.29) is 80.8 Å². The van der Waals surface area contributed by atoms with Crippen LogP contribution >= 0.6 is 0 Å². The lowest BCUT2D eigenvalue weighted by molar-refractivity contribution is -0.142. The van der Waals surface area contributed by atoms with Crippen LogP contribution in [0.5, 0.6) is 0 Å². The fraction of sp³-hybridized carbons (Fsp3) is 0.818. The van der Waals surface area contributed by atoms with E-state index in [1.54, 1.807) is 13.8 Å². The lowest BCUT2D eigenvalue weighted by atomic mass is 10.0. The first-order valence-corrected chi connectivity index (χ1v) is 17.1. The van der Waals surface area contributed by atoms with Crippen LogP contribution in [-0.2, 0) is 28.8 Å². The first-order valence-electron chi connectivity index (χ1n) is 17.1. The number of carbonyl (C=O) groups is 6. The molecule has 1 heterocycles. The highest BCUT2D eigenvalue weighted by atomic mass is 16.4. The van der Waals surface area contributed by atoms with Crippen molar-refractivity contribution in [3.63, 3.8) is 0 Å². The number of carboxylic acid groups (broad SMARTS) is 2. The molecule has 45 heavy (non-hydrogen) atoms. The Hall–Kier alpha value is -3.02. The van der Waals surface area contributed by atoms with Crippen molar-refractivity contribution in [3.05, 3.63) is 0 Å². The van der Waals surface area contributed by atoms with E-state index in [1.165, 1.54) is 24.2 Å². The fourth-order valence-corrected chi connectivity index (χ4v) is 5.30. The lowest BCUT2D eigenvalue weighted by Gasteiger charge is -2.26. The zero-order valence-electron chi connectivity index (χ0n) is 27.6. The molecular formula is C33H58N4O8. The summed E-state index contributed by atoms with van der Waals surface area (Å²) in [4.78, 5) is 73.5. The zero-order valence-corrected chi connectivity index (χ0v) is 27.6. The highest BCUT2D eigenvalue weighted by Gasteiger charge is 2.28. The number of carboxylic acids is 2. The molecule has 0 aromatic heterocycles. The second-order valence-corrected chi connectivity index (χ2v) is 12.5. The zero-order chi connectivity index (χ0) is 33.5. The van der Waals surface area contributed by atoms with E-state index in [1.807, 2.05) is 0 Å². The van der Waals surface area contributed by atoms with Crippen LogP contribution in [0.1, 0.15) is 129 Å². The molecule has 0 aliphatic carbocycles. The third-order valence-electron chi connectivity index (χ3n) is 8.20. The summed E-state index contributed by atoms with van der Waals surface area (Å²) in [5, 5.41) is 26.5. The number of nitrogens with one attached hydrogen (secondary N) is 3. The van der Waals surface area contributed by atoms with Crippen molar-refractivity contribution >= 4 is 35.4 Å². The van der Waals surface area contributed by atoms with Crippen molar-refractivity contribution < 1.29 is 39.0 Å². The summed E-state index contributed by atoms with van der Waals surface area (Å²) in [7, 11) is 0. The average Bonchev–Trinajstić information content (AvgIpc) is 3.53. The molecule has 12 nitrogen and oxygen atoms in total. The van der Waals surface area contributed by atoms with E-state index in [0.29, 0.717) is 12.8 Å². The number of nitrogens with zero attached hydrogens (tertiary/aromatic N) is 1. The van der Waals surface area contributed by atoms with Crippen molar-refractivity contribution in [1.29, 1.82) is 0 Å². The smallest absolute Gasteiger partial charge is 0.326 e. The number of aliphatic carboxylic acids is 2. The van der Waals surface area contributed by atoms with Gasteiger partial charge in [-0.05, 0) is 38.6 Å². The molecule has 3 amide bonds. The molecule has 0 aromatic carbocycles. The predicted molar refractivity (Wildman–Crippen MR) is 172 cm³/mol. The molecule has 12 heteroatoms. The van der Waals surface area contributed by atoms with Crippen LogP contribution in [0.25, 0.3) is 0 Å². The van der Waals surface area contributed by atoms with Gasteiger partial charge in [0, 0.05) is 38.3 Å². The van der Waals surface area contributed by atoms with Crippen LogP contribution in [0.4, 0.5) is 0 Å². The molecule has 0 aromatic rings. The van der Waals surface area contributed by atoms with Crippen LogP contribution in [0.3, 0.4) is 0 Å². The summed E-state index contributed by atoms with van der Waals surface area (Å²) in [6.45, 7) is 4.62. The molecule has 1 saturated heterocycles. The molecular weight excluding hydrogens is 580 g/mol. The van der Waals surface area contributed by atoms with Crippen molar-refractivity contribution in [2.24, 2.45) is 5.92 Å². The molecule has 0 spiro atoms. The van der Waals surface area contributed by atoms with Gasteiger partial charge in [-0.3, -0.25) is 24.0 Å². The molecule has 0 unspecified atom stereocenters. The average molecular weight is 639 g/mol. The van der Waals surface area contributed by atoms with Crippen LogP contribution in [0, 0.1) is 5.92 Å². The number of rotatable bonds is 27. The molecule has 0 radical (unpaired) electrons. The highest BCUT2D eigenvalue weighted by molar-refractivity contribution is 5.89. The Labute approximate surface area is 268 Å². The summed E-state index contributed by atoms with van der Waals surface area (Å²) in [6, 6.07) is -1.48. The molecule has 1 aliphatic rings. The minimum atomic E-state index is -1.19. The third kappa shape index (κ3) is 19.9. The van der Waals surface area contributed by atoms with E-state index in [4.69, 9.17) is 5.11 Å². The first kappa shape index (κ1) is 40.0. The van der Waals surface area contributed by atoms with Crippen LogP contribution < -0.4 is 16.0 Å². The Balaban J connectivity index is 2.20. The van der Waals surface area contributed by atoms with Gasteiger partial charge < -0.3 is 31.1 Å². The maximum Gasteiger partial charge on any atom is 0.326 e. The fourth-order valence-electron chi connectivity index (χ4n) is 5.30. The van der Waals surface area contributed by atoms with E-state index in [0.717, 1.165) is 64.3 Å². The lowest BCUT2D eigenvalue weighted by Crippen LogP contribution is -2.49. The first-order chi connectivity index (χ1) is 21.5. The minimum absolute atomic E-state index is 0.0163. The van der Waals surface area contributed by atoms with Gasteiger partial charge in [-0.2, -0.15) is 0 Å². The van der Waals surface area contributed by atoms with Gasteiger partial charge in [0.05, 0.1) is 12.6 Å². The topological polar surface area (TPSA) is 182 Å². The van der Waals surface area contributed by atoms with Gasteiger partial charge in [0.25, 0.3) is 0 Å². The van der Waals surface area contributed by atoms with Crippen molar-refractivity contribution in [1.82, 2.24) is 20.9 Å². The van der Waals surface area contributed by atoms with Crippen LogP contribution in [0.2, 0.25) is 0 Å². The Morgan fingerprint density at radius 3 is 1.82 bits per heavy atom.